The van der Waals surface area contributed by atoms with E-state index in [2.05, 4.69) is 9.97 Å². The fraction of sp³-hybridized carbons (Fsp3) is 0.200. The summed E-state index contributed by atoms with van der Waals surface area (Å²) in [6.45, 7) is 1.80. The van der Waals surface area contributed by atoms with Gasteiger partial charge in [-0.2, -0.15) is 0 Å². The minimum Gasteiger partial charge on any atom is -0.493 e. The highest BCUT2D eigenvalue weighted by atomic mass is 35.5. The molecule has 78 valence electrons. The third-order valence-corrected chi connectivity index (χ3v) is 2.72. The van der Waals surface area contributed by atoms with Crippen LogP contribution in [0.3, 0.4) is 0 Å². The van der Waals surface area contributed by atoms with E-state index in [9.17, 15) is 0 Å². The van der Waals surface area contributed by atoms with E-state index in [1.54, 1.807) is 19.1 Å². The van der Waals surface area contributed by atoms with Gasteiger partial charge in [0, 0.05) is 0 Å². The molecule has 1 aromatic heterocycles. The van der Waals surface area contributed by atoms with Gasteiger partial charge in [-0.15, -0.1) is 0 Å². The van der Waals surface area contributed by atoms with Gasteiger partial charge in [-0.1, -0.05) is 23.2 Å². The van der Waals surface area contributed by atoms with Crippen molar-refractivity contribution in [3.63, 3.8) is 0 Å². The number of halogens is 2. The zero-order valence-corrected chi connectivity index (χ0v) is 9.73. The van der Waals surface area contributed by atoms with E-state index >= 15 is 0 Å². The number of hydrogen-bond donors (Lipinski definition) is 0. The smallest absolute Gasteiger partial charge is 0.165 e. The molecule has 15 heavy (non-hydrogen) atoms. The van der Waals surface area contributed by atoms with Crippen molar-refractivity contribution in [2.45, 2.75) is 6.92 Å². The largest absolute Gasteiger partial charge is 0.493 e. The first kappa shape index (κ1) is 10.5. The number of hydrogen-bond acceptors (Lipinski definition) is 3. The summed E-state index contributed by atoms with van der Waals surface area (Å²) in [5, 5.41) is 0.863. The van der Waals surface area contributed by atoms with Crippen LogP contribution in [0.2, 0.25) is 10.2 Å². The lowest BCUT2D eigenvalue weighted by molar-refractivity contribution is 0.419. The molecule has 0 spiro atoms. The molecule has 3 nitrogen and oxygen atoms in total. The lowest BCUT2D eigenvalue weighted by Gasteiger charge is -2.07. The molecule has 0 aliphatic heterocycles. The molecule has 2 rings (SSSR count). The van der Waals surface area contributed by atoms with E-state index in [4.69, 9.17) is 27.9 Å². The summed E-state index contributed by atoms with van der Waals surface area (Å²) in [6.07, 6.45) is 0. The first-order valence-electron chi connectivity index (χ1n) is 4.30. The van der Waals surface area contributed by atoms with Crippen molar-refractivity contribution >= 4 is 34.2 Å². The van der Waals surface area contributed by atoms with Crippen molar-refractivity contribution in [2.24, 2.45) is 0 Å². The summed E-state index contributed by atoms with van der Waals surface area (Å²) >= 11 is 11.9. The summed E-state index contributed by atoms with van der Waals surface area (Å²) in [6, 6.07) is 3.52. The van der Waals surface area contributed by atoms with Crippen LogP contribution < -0.4 is 4.74 Å². The van der Waals surface area contributed by atoms with Crippen molar-refractivity contribution in [3.05, 3.63) is 28.0 Å². The topological polar surface area (TPSA) is 35.0 Å². The van der Waals surface area contributed by atoms with E-state index in [0.717, 1.165) is 5.52 Å². The van der Waals surface area contributed by atoms with Crippen molar-refractivity contribution in [1.82, 2.24) is 9.97 Å². The standard InChI is InChI=1S/C10H8Cl2N2O/c1-5-10(12)14-8-7(13-5)4-3-6(11)9(8)15-2/h3-4H,1-2H3. The number of aromatic nitrogens is 2. The molecule has 0 aliphatic carbocycles. The number of nitrogens with zero attached hydrogens (tertiary/aromatic N) is 2. The van der Waals surface area contributed by atoms with E-state index < -0.39 is 0 Å². The first-order chi connectivity index (χ1) is 7.13. The summed E-state index contributed by atoms with van der Waals surface area (Å²) in [7, 11) is 1.54. The molecule has 0 unspecified atom stereocenters. The molecule has 0 N–H and O–H groups in total. The van der Waals surface area contributed by atoms with Gasteiger partial charge in [0.2, 0.25) is 0 Å². The maximum atomic E-state index is 5.96. The van der Waals surface area contributed by atoms with Gasteiger partial charge in [-0.05, 0) is 19.1 Å². The Morgan fingerprint density at radius 3 is 2.60 bits per heavy atom. The number of benzene rings is 1. The number of ether oxygens (including phenoxy) is 1. The summed E-state index contributed by atoms with van der Waals surface area (Å²) in [5.74, 6) is 0.503. The van der Waals surface area contributed by atoms with Crippen LogP contribution in [0.1, 0.15) is 5.69 Å². The van der Waals surface area contributed by atoms with Crippen molar-refractivity contribution in [2.75, 3.05) is 7.11 Å². The van der Waals surface area contributed by atoms with Crippen LogP contribution in [0.25, 0.3) is 11.0 Å². The normalized spacial score (nSPS) is 10.7. The second-order valence-corrected chi connectivity index (χ2v) is 3.81. The zero-order valence-electron chi connectivity index (χ0n) is 8.21. The molecule has 1 heterocycles. The average molecular weight is 243 g/mol. The monoisotopic (exact) mass is 242 g/mol. The minimum absolute atomic E-state index is 0.364. The average Bonchev–Trinajstić information content (AvgIpc) is 2.21. The van der Waals surface area contributed by atoms with Gasteiger partial charge < -0.3 is 4.74 Å². The van der Waals surface area contributed by atoms with Crippen LogP contribution in [-0.2, 0) is 0 Å². The Kier molecular flexibility index (Phi) is 2.67. The molecular formula is C10H8Cl2N2O. The molecule has 0 atom stereocenters. The number of fused-ring (bicyclic) bond motifs is 1. The Hall–Kier alpha value is -1.06. The van der Waals surface area contributed by atoms with Crippen LogP contribution in [-0.4, -0.2) is 17.1 Å². The van der Waals surface area contributed by atoms with Gasteiger partial charge >= 0.3 is 0 Å². The number of rotatable bonds is 1. The van der Waals surface area contributed by atoms with Crippen LogP contribution in [0, 0.1) is 6.92 Å². The van der Waals surface area contributed by atoms with Gasteiger partial charge in [0.05, 0.1) is 23.3 Å². The third kappa shape index (κ3) is 1.73. The molecule has 1 aromatic carbocycles. The predicted octanol–water partition coefficient (Wildman–Crippen LogP) is 3.25. The van der Waals surface area contributed by atoms with Gasteiger partial charge in [-0.3, -0.25) is 0 Å². The minimum atomic E-state index is 0.364. The quantitative estimate of drug-likeness (QED) is 0.771. The molecule has 0 saturated carbocycles. The Balaban J connectivity index is 2.86. The highest BCUT2D eigenvalue weighted by Gasteiger charge is 2.10. The lowest BCUT2D eigenvalue weighted by atomic mass is 10.2. The molecule has 2 aromatic rings. The Morgan fingerprint density at radius 1 is 1.20 bits per heavy atom. The molecule has 0 saturated heterocycles. The van der Waals surface area contributed by atoms with E-state index in [1.165, 1.54) is 7.11 Å². The third-order valence-electron chi connectivity index (χ3n) is 2.06. The van der Waals surface area contributed by atoms with Gasteiger partial charge in [0.25, 0.3) is 0 Å². The molecule has 5 heteroatoms. The molecule has 0 radical (unpaired) electrons. The second-order valence-electron chi connectivity index (χ2n) is 3.05. The fourth-order valence-corrected chi connectivity index (χ4v) is 1.69. The maximum Gasteiger partial charge on any atom is 0.165 e. The van der Waals surface area contributed by atoms with Gasteiger partial charge in [-0.25, -0.2) is 9.97 Å². The molecular weight excluding hydrogens is 235 g/mol. The fourth-order valence-electron chi connectivity index (χ4n) is 1.33. The summed E-state index contributed by atoms with van der Waals surface area (Å²) in [5.41, 5.74) is 1.99. The Morgan fingerprint density at radius 2 is 1.93 bits per heavy atom. The molecule has 0 fully saturated rings. The van der Waals surface area contributed by atoms with Gasteiger partial charge in [0.1, 0.15) is 5.52 Å². The highest BCUT2D eigenvalue weighted by Crippen LogP contribution is 2.32. The first-order valence-corrected chi connectivity index (χ1v) is 5.05. The van der Waals surface area contributed by atoms with Crippen molar-refractivity contribution in [3.8, 4) is 5.75 Å². The van der Waals surface area contributed by atoms with E-state index in [1.807, 2.05) is 0 Å². The SMILES string of the molecule is COc1c(Cl)ccc2nc(C)c(Cl)nc12. The number of aryl methyl sites for hydroxylation is 1. The van der Waals surface area contributed by atoms with Gasteiger partial charge in [0.15, 0.2) is 10.9 Å². The van der Waals surface area contributed by atoms with E-state index in [-0.39, 0.29) is 0 Å². The van der Waals surface area contributed by atoms with Crippen molar-refractivity contribution < 1.29 is 4.74 Å². The van der Waals surface area contributed by atoms with Crippen LogP contribution in [0.4, 0.5) is 0 Å². The van der Waals surface area contributed by atoms with Crippen LogP contribution in [0.5, 0.6) is 5.75 Å². The maximum absolute atomic E-state index is 5.96. The van der Waals surface area contributed by atoms with Crippen LogP contribution >= 0.6 is 23.2 Å². The molecule has 0 bridgehead atoms. The molecule has 0 aliphatic rings. The Labute approximate surface area is 97.0 Å². The summed E-state index contributed by atoms with van der Waals surface area (Å²) < 4.78 is 5.16. The van der Waals surface area contributed by atoms with Crippen LogP contribution in [0.15, 0.2) is 12.1 Å². The molecule has 0 amide bonds. The Bertz CT molecular complexity index is 528. The zero-order chi connectivity index (χ0) is 11.0. The lowest BCUT2D eigenvalue weighted by Crippen LogP contribution is -1.94. The predicted molar refractivity (Wildman–Crippen MR) is 60.8 cm³/mol. The highest BCUT2D eigenvalue weighted by molar-refractivity contribution is 6.33. The van der Waals surface area contributed by atoms with Crippen molar-refractivity contribution in [1.29, 1.82) is 0 Å². The second kappa shape index (κ2) is 3.83. The summed E-state index contributed by atoms with van der Waals surface area (Å²) in [4.78, 5) is 8.49. The van der Waals surface area contributed by atoms with E-state index in [0.29, 0.717) is 27.1 Å². The number of methoxy groups -OCH3 is 1.